The molecule has 0 radical (unpaired) electrons. The molecule has 2 aromatic rings. The van der Waals surface area contributed by atoms with Crippen molar-refractivity contribution in [1.29, 1.82) is 0 Å². The molecule has 0 aliphatic rings. The van der Waals surface area contributed by atoms with Gasteiger partial charge in [-0.05, 0) is 31.5 Å². The van der Waals surface area contributed by atoms with Crippen molar-refractivity contribution in [3.8, 4) is 11.4 Å². The van der Waals surface area contributed by atoms with Crippen LogP contribution in [0.3, 0.4) is 0 Å². The third-order valence-corrected chi connectivity index (χ3v) is 3.14. The molecule has 108 valence electrons. The van der Waals surface area contributed by atoms with E-state index >= 15 is 0 Å². The molecule has 0 fully saturated rings. The molecular weight excluding hydrogens is 257 g/mol. The van der Waals surface area contributed by atoms with E-state index in [2.05, 4.69) is 29.3 Å². The molecule has 1 atom stereocenters. The van der Waals surface area contributed by atoms with Crippen molar-refractivity contribution in [3.63, 3.8) is 0 Å². The molecule has 1 heterocycles. The molecule has 0 amide bonds. The van der Waals surface area contributed by atoms with Crippen molar-refractivity contribution >= 4 is 0 Å². The van der Waals surface area contributed by atoms with Gasteiger partial charge >= 0.3 is 0 Å². The van der Waals surface area contributed by atoms with Crippen molar-refractivity contribution in [2.45, 2.75) is 32.7 Å². The molecule has 1 aromatic heterocycles. The SMILES string of the molecule is CNC(Cc1nc(-c2cccc(F)c2)no1)CC(C)C. The lowest BCUT2D eigenvalue weighted by molar-refractivity contribution is 0.345. The zero-order valence-corrected chi connectivity index (χ0v) is 12.1. The van der Waals surface area contributed by atoms with Crippen molar-refractivity contribution in [3.05, 3.63) is 36.0 Å². The number of rotatable bonds is 6. The number of aromatic nitrogens is 2. The maximum Gasteiger partial charge on any atom is 0.228 e. The average Bonchev–Trinajstić information content (AvgIpc) is 2.86. The Bertz CT molecular complexity index is 554. The number of nitrogens with one attached hydrogen (secondary N) is 1. The van der Waals surface area contributed by atoms with Crippen molar-refractivity contribution in [2.24, 2.45) is 5.92 Å². The molecule has 0 saturated heterocycles. The van der Waals surface area contributed by atoms with Gasteiger partial charge in [-0.1, -0.05) is 31.1 Å². The minimum absolute atomic E-state index is 0.302. The summed E-state index contributed by atoms with van der Waals surface area (Å²) < 4.78 is 18.4. The Kier molecular flexibility index (Phi) is 4.84. The van der Waals surface area contributed by atoms with Gasteiger partial charge in [-0.25, -0.2) is 4.39 Å². The fourth-order valence-corrected chi connectivity index (χ4v) is 2.17. The highest BCUT2D eigenvalue weighted by Gasteiger charge is 2.15. The van der Waals surface area contributed by atoms with E-state index in [0.29, 0.717) is 35.7 Å². The summed E-state index contributed by atoms with van der Waals surface area (Å²) in [6.45, 7) is 4.35. The third kappa shape index (κ3) is 3.87. The number of nitrogens with zero attached hydrogens (tertiary/aromatic N) is 2. The van der Waals surface area contributed by atoms with Crippen molar-refractivity contribution < 1.29 is 8.91 Å². The van der Waals surface area contributed by atoms with E-state index in [0.717, 1.165) is 6.42 Å². The van der Waals surface area contributed by atoms with Crippen LogP contribution in [-0.2, 0) is 6.42 Å². The second-order valence-corrected chi connectivity index (χ2v) is 5.34. The summed E-state index contributed by atoms with van der Waals surface area (Å²) in [7, 11) is 1.93. The van der Waals surface area contributed by atoms with Crippen LogP contribution in [0.15, 0.2) is 28.8 Å². The molecule has 0 saturated carbocycles. The Morgan fingerprint density at radius 3 is 2.80 bits per heavy atom. The predicted octanol–water partition coefficient (Wildman–Crippen LogP) is 3.05. The second-order valence-electron chi connectivity index (χ2n) is 5.34. The first kappa shape index (κ1) is 14.7. The maximum atomic E-state index is 13.2. The zero-order chi connectivity index (χ0) is 14.5. The smallest absolute Gasteiger partial charge is 0.228 e. The van der Waals surface area contributed by atoms with Crippen LogP contribution in [0, 0.1) is 11.7 Å². The van der Waals surface area contributed by atoms with Gasteiger partial charge in [-0.15, -0.1) is 0 Å². The van der Waals surface area contributed by atoms with E-state index in [4.69, 9.17) is 4.52 Å². The lowest BCUT2D eigenvalue weighted by atomic mass is 10.0. The maximum absolute atomic E-state index is 13.2. The highest BCUT2D eigenvalue weighted by Crippen LogP contribution is 2.18. The first-order chi connectivity index (χ1) is 9.58. The van der Waals surface area contributed by atoms with Crippen molar-refractivity contribution in [1.82, 2.24) is 15.5 Å². The fraction of sp³-hybridized carbons (Fsp3) is 0.467. The van der Waals surface area contributed by atoms with Gasteiger partial charge in [0.25, 0.3) is 0 Å². The summed E-state index contributed by atoms with van der Waals surface area (Å²) in [5, 5.41) is 7.17. The Labute approximate surface area is 118 Å². The average molecular weight is 277 g/mol. The van der Waals surface area contributed by atoms with Crippen LogP contribution in [0.1, 0.15) is 26.2 Å². The first-order valence-corrected chi connectivity index (χ1v) is 6.84. The molecule has 0 bridgehead atoms. The second kappa shape index (κ2) is 6.61. The molecular formula is C15H20FN3O. The van der Waals surface area contributed by atoms with Gasteiger partial charge in [0.1, 0.15) is 5.82 Å². The molecule has 0 aliphatic heterocycles. The van der Waals surface area contributed by atoms with Crippen LogP contribution in [0.2, 0.25) is 0 Å². The Hall–Kier alpha value is -1.75. The largest absolute Gasteiger partial charge is 0.339 e. The number of likely N-dealkylation sites (N-methyl/N-ethyl adjacent to an activating group) is 1. The van der Waals surface area contributed by atoms with Crippen LogP contribution >= 0.6 is 0 Å². The number of hydrogen-bond acceptors (Lipinski definition) is 4. The van der Waals surface area contributed by atoms with Gasteiger partial charge in [-0.3, -0.25) is 0 Å². The molecule has 1 unspecified atom stereocenters. The molecule has 0 aliphatic carbocycles. The lowest BCUT2D eigenvalue weighted by Crippen LogP contribution is -2.29. The van der Waals surface area contributed by atoms with Crippen LogP contribution < -0.4 is 5.32 Å². The number of halogens is 1. The van der Waals surface area contributed by atoms with E-state index in [1.165, 1.54) is 12.1 Å². The van der Waals surface area contributed by atoms with E-state index in [1.54, 1.807) is 12.1 Å². The Balaban J connectivity index is 2.09. The summed E-state index contributed by atoms with van der Waals surface area (Å²) >= 11 is 0. The topological polar surface area (TPSA) is 51.0 Å². The summed E-state index contributed by atoms with van der Waals surface area (Å²) in [6, 6.07) is 6.50. The van der Waals surface area contributed by atoms with E-state index < -0.39 is 0 Å². The molecule has 2 rings (SSSR count). The van der Waals surface area contributed by atoms with E-state index in [9.17, 15) is 4.39 Å². The van der Waals surface area contributed by atoms with Gasteiger partial charge in [0, 0.05) is 18.0 Å². The summed E-state index contributed by atoms with van der Waals surface area (Å²) in [4.78, 5) is 4.33. The highest BCUT2D eigenvalue weighted by molar-refractivity contribution is 5.53. The van der Waals surface area contributed by atoms with E-state index in [-0.39, 0.29) is 5.82 Å². The Morgan fingerprint density at radius 2 is 2.15 bits per heavy atom. The first-order valence-electron chi connectivity index (χ1n) is 6.84. The van der Waals surface area contributed by atoms with Crippen LogP contribution in [0.25, 0.3) is 11.4 Å². The van der Waals surface area contributed by atoms with Gasteiger partial charge in [0.2, 0.25) is 11.7 Å². The van der Waals surface area contributed by atoms with E-state index in [1.807, 2.05) is 7.05 Å². The van der Waals surface area contributed by atoms with Crippen LogP contribution in [-0.4, -0.2) is 23.2 Å². The summed E-state index contributed by atoms with van der Waals surface area (Å²) in [5.74, 6) is 1.29. The molecule has 20 heavy (non-hydrogen) atoms. The van der Waals surface area contributed by atoms with Crippen LogP contribution in [0.4, 0.5) is 4.39 Å². The monoisotopic (exact) mass is 277 g/mol. The molecule has 5 heteroatoms. The molecule has 1 aromatic carbocycles. The van der Waals surface area contributed by atoms with Gasteiger partial charge in [0.15, 0.2) is 0 Å². The normalized spacial score (nSPS) is 12.8. The third-order valence-electron chi connectivity index (χ3n) is 3.14. The molecule has 0 spiro atoms. The fourth-order valence-electron chi connectivity index (χ4n) is 2.17. The van der Waals surface area contributed by atoms with Gasteiger partial charge in [-0.2, -0.15) is 4.98 Å². The predicted molar refractivity (Wildman–Crippen MR) is 75.7 cm³/mol. The zero-order valence-electron chi connectivity index (χ0n) is 12.1. The molecule has 4 nitrogen and oxygen atoms in total. The Morgan fingerprint density at radius 1 is 1.35 bits per heavy atom. The minimum atomic E-state index is -0.304. The van der Waals surface area contributed by atoms with Crippen molar-refractivity contribution in [2.75, 3.05) is 7.05 Å². The molecule has 1 N–H and O–H groups in total. The standard InChI is InChI=1S/C15H20FN3O/c1-10(2)7-13(17-3)9-14-18-15(19-20-14)11-5-4-6-12(16)8-11/h4-6,8,10,13,17H,7,9H2,1-3H3. The van der Waals surface area contributed by atoms with Crippen LogP contribution in [0.5, 0.6) is 0 Å². The highest BCUT2D eigenvalue weighted by atomic mass is 19.1. The van der Waals surface area contributed by atoms with Gasteiger partial charge < -0.3 is 9.84 Å². The summed E-state index contributed by atoms with van der Waals surface area (Å²) in [6.07, 6.45) is 1.71. The minimum Gasteiger partial charge on any atom is -0.339 e. The number of hydrogen-bond donors (Lipinski definition) is 1. The number of benzene rings is 1. The quantitative estimate of drug-likeness (QED) is 0.881. The summed E-state index contributed by atoms with van der Waals surface area (Å²) in [5.41, 5.74) is 0.630. The van der Waals surface area contributed by atoms with Gasteiger partial charge in [0.05, 0.1) is 0 Å². The lowest BCUT2D eigenvalue weighted by Gasteiger charge is -2.15.